The molecule has 0 bridgehead atoms. The third-order valence-corrected chi connectivity index (χ3v) is 3.94. The first-order chi connectivity index (χ1) is 9.29. The summed E-state index contributed by atoms with van der Waals surface area (Å²) < 4.78 is 8.32. The van der Waals surface area contributed by atoms with Crippen molar-refractivity contribution in [2.45, 2.75) is 33.5 Å². The fourth-order valence-electron chi connectivity index (χ4n) is 2.47. The minimum atomic E-state index is -1.65. The van der Waals surface area contributed by atoms with Gasteiger partial charge >= 0.3 is 0 Å². The molecule has 0 fully saturated rings. The summed E-state index contributed by atoms with van der Waals surface area (Å²) in [6, 6.07) is 12.5. The van der Waals surface area contributed by atoms with Crippen LogP contribution in [0.5, 0.6) is 0 Å². The summed E-state index contributed by atoms with van der Waals surface area (Å²) in [7, 11) is -1.65. The molecule has 0 atom stereocenters. The zero-order chi connectivity index (χ0) is 14.9. The van der Waals surface area contributed by atoms with E-state index in [1.165, 1.54) is 11.3 Å². The molecule has 2 aromatic rings. The normalized spacial score (nSPS) is 11.4. The summed E-state index contributed by atoms with van der Waals surface area (Å²) in [5.74, 6) is 0.776. The molecule has 1 heterocycles. The van der Waals surface area contributed by atoms with E-state index in [1.807, 2.05) is 6.07 Å². The van der Waals surface area contributed by atoms with E-state index in [9.17, 15) is 0 Å². The van der Waals surface area contributed by atoms with Crippen LogP contribution in [0.15, 0.2) is 43.0 Å². The molecule has 106 valence electrons. The van der Waals surface area contributed by atoms with Crippen LogP contribution >= 0.6 is 0 Å². The van der Waals surface area contributed by atoms with Crippen molar-refractivity contribution in [2.24, 2.45) is 0 Å². The van der Waals surface area contributed by atoms with Crippen molar-refractivity contribution in [1.29, 1.82) is 0 Å². The molecule has 0 aliphatic heterocycles. The van der Waals surface area contributed by atoms with Gasteiger partial charge in [-0.3, -0.25) is 0 Å². The Morgan fingerprint density at radius 2 is 1.70 bits per heavy atom. The van der Waals surface area contributed by atoms with E-state index >= 15 is 0 Å². The molecule has 2 rings (SSSR count). The van der Waals surface area contributed by atoms with Gasteiger partial charge in [0.15, 0.2) is 0 Å². The standard InChI is InChI=1S/C17H23NOSi/c1-13-12-14(2)18(16-10-8-7-9-11-16)17(13)15(3)19-20(4,5)6/h7-12H,3H2,1-2,4-6H3. The number of aromatic nitrogens is 1. The molecule has 0 aliphatic rings. The number of aryl methyl sites for hydroxylation is 2. The van der Waals surface area contributed by atoms with Gasteiger partial charge in [0.1, 0.15) is 5.76 Å². The number of hydrogen-bond donors (Lipinski definition) is 0. The molecular formula is C17H23NOSi. The van der Waals surface area contributed by atoms with E-state index in [2.05, 4.69) is 75.0 Å². The second-order valence-electron chi connectivity index (χ2n) is 6.13. The monoisotopic (exact) mass is 285 g/mol. The van der Waals surface area contributed by atoms with Gasteiger partial charge < -0.3 is 8.99 Å². The highest BCUT2D eigenvalue weighted by Crippen LogP contribution is 2.28. The van der Waals surface area contributed by atoms with Gasteiger partial charge in [0, 0.05) is 11.4 Å². The van der Waals surface area contributed by atoms with Crippen molar-refractivity contribution < 1.29 is 4.43 Å². The van der Waals surface area contributed by atoms with Gasteiger partial charge in [-0.2, -0.15) is 0 Å². The molecule has 0 saturated heterocycles. The van der Waals surface area contributed by atoms with Crippen LogP contribution in [0.4, 0.5) is 0 Å². The van der Waals surface area contributed by atoms with E-state index in [-0.39, 0.29) is 0 Å². The maximum atomic E-state index is 6.10. The average molecular weight is 285 g/mol. The van der Waals surface area contributed by atoms with Crippen LogP contribution in [0.1, 0.15) is 17.0 Å². The number of para-hydroxylation sites is 1. The lowest BCUT2D eigenvalue weighted by Gasteiger charge is -2.23. The van der Waals surface area contributed by atoms with Gasteiger partial charge in [-0.1, -0.05) is 24.8 Å². The zero-order valence-electron chi connectivity index (χ0n) is 13.0. The first-order valence-corrected chi connectivity index (χ1v) is 10.3. The summed E-state index contributed by atoms with van der Waals surface area (Å²) in [4.78, 5) is 0. The minimum absolute atomic E-state index is 0.776. The molecule has 1 aromatic heterocycles. The molecule has 0 N–H and O–H groups in total. The summed E-state index contributed by atoms with van der Waals surface area (Å²) >= 11 is 0. The lowest BCUT2D eigenvalue weighted by molar-refractivity contribution is 0.511. The molecule has 3 heteroatoms. The van der Waals surface area contributed by atoms with Crippen molar-refractivity contribution in [3.05, 3.63) is 59.9 Å². The Bertz CT molecular complexity index is 620. The molecule has 20 heavy (non-hydrogen) atoms. The molecule has 2 nitrogen and oxygen atoms in total. The smallest absolute Gasteiger partial charge is 0.242 e. The second kappa shape index (κ2) is 5.33. The maximum absolute atomic E-state index is 6.10. The third kappa shape index (κ3) is 3.04. The van der Waals surface area contributed by atoms with Crippen LogP contribution < -0.4 is 0 Å². The molecule has 0 spiro atoms. The predicted octanol–water partition coefficient (Wildman–Crippen LogP) is 4.92. The highest BCUT2D eigenvalue weighted by atomic mass is 28.4. The van der Waals surface area contributed by atoms with Crippen molar-refractivity contribution in [2.75, 3.05) is 0 Å². The fraction of sp³-hybridized carbons (Fsp3) is 0.294. The highest BCUT2D eigenvalue weighted by Gasteiger charge is 2.21. The number of hydrogen-bond acceptors (Lipinski definition) is 1. The Kier molecular flexibility index (Phi) is 3.91. The second-order valence-corrected chi connectivity index (χ2v) is 10.6. The molecule has 0 radical (unpaired) electrons. The van der Waals surface area contributed by atoms with Crippen molar-refractivity contribution >= 4 is 14.1 Å². The highest BCUT2D eigenvalue weighted by molar-refractivity contribution is 6.70. The fourth-order valence-corrected chi connectivity index (χ4v) is 3.31. The SMILES string of the molecule is C=C(O[Si](C)(C)C)c1c(C)cc(C)n1-c1ccccc1. The van der Waals surface area contributed by atoms with E-state index in [0.29, 0.717) is 0 Å². The van der Waals surface area contributed by atoms with Crippen LogP contribution in [0, 0.1) is 13.8 Å². The molecule has 1 aromatic carbocycles. The van der Waals surface area contributed by atoms with Gasteiger partial charge in [0.05, 0.1) is 5.69 Å². The van der Waals surface area contributed by atoms with Gasteiger partial charge in [-0.05, 0) is 57.3 Å². The lowest BCUT2D eigenvalue weighted by atomic mass is 10.2. The molecule has 0 unspecified atom stereocenters. The average Bonchev–Trinajstić information content (AvgIpc) is 2.63. The Labute approximate surface area is 122 Å². The van der Waals surface area contributed by atoms with Crippen molar-refractivity contribution in [3.63, 3.8) is 0 Å². The number of benzene rings is 1. The third-order valence-electron chi connectivity index (χ3n) is 3.08. The van der Waals surface area contributed by atoms with Gasteiger partial charge in [0.2, 0.25) is 8.32 Å². The Balaban J connectivity index is 2.52. The van der Waals surface area contributed by atoms with E-state index in [0.717, 1.165) is 17.1 Å². The van der Waals surface area contributed by atoms with Gasteiger partial charge in [-0.25, -0.2) is 0 Å². The van der Waals surface area contributed by atoms with Crippen molar-refractivity contribution in [3.8, 4) is 5.69 Å². The molecule has 0 saturated carbocycles. The van der Waals surface area contributed by atoms with Crippen molar-refractivity contribution in [1.82, 2.24) is 4.57 Å². The van der Waals surface area contributed by atoms with Crippen LogP contribution in [-0.2, 0) is 4.43 Å². The van der Waals surface area contributed by atoms with Gasteiger partial charge in [0.25, 0.3) is 0 Å². The topological polar surface area (TPSA) is 14.2 Å². The zero-order valence-corrected chi connectivity index (χ0v) is 14.0. The number of rotatable bonds is 4. The molecular weight excluding hydrogens is 262 g/mol. The lowest BCUT2D eigenvalue weighted by Crippen LogP contribution is -2.24. The Hall–Kier alpha value is -1.74. The van der Waals surface area contributed by atoms with Gasteiger partial charge in [-0.15, -0.1) is 0 Å². The van der Waals surface area contributed by atoms with Crippen LogP contribution in [0.25, 0.3) is 11.4 Å². The summed E-state index contributed by atoms with van der Waals surface area (Å²) in [5.41, 5.74) is 4.63. The predicted molar refractivity (Wildman–Crippen MR) is 88.7 cm³/mol. The summed E-state index contributed by atoms with van der Waals surface area (Å²) in [6.45, 7) is 14.9. The van der Waals surface area contributed by atoms with Crippen LogP contribution in [0.2, 0.25) is 19.6 Å². The quantitative estimate of drug-likeness (QED) is 0.574. The minimum Gasteiger partial charge on any atom is -0.543 e. The van der Waals surface area contributed by atoms with Crippen LogP contribution in [0.3, 0.4) is 0 Å². The first kappa shape index (κ1) is 14.7. The van der Waals surface area contributed by atoms with E-state index in [4.69, 9.17) is 4.43 Å². The number of nitrogens with zero attached hydrogens (tertiary/aromatic N) is 1. The molecule has 0 aliphatic carbocycles. The summed E-state index contributed by atoms with van der Waals surface area (Å²) in [6.07, 6.45) is 0. The van der Waals surface area contributed by atoms with E-state index < -0.39 is 8.32 Å². The van der Waals surface area contributed by atoms with E-state index in [1.54, 1.807) is 0 Å². The first-order valence-electron chi connectivity index (χ1n) is 6.92. The van der Waals surface area contributed by atoms with Crippen LogP contribution in [-0.4, -0.2) is 12.9 Å². The Morgan fingerprint density at radius 1 is 1.10 bits per heavy atom. The Morgan fingerprint density at radius 3 is 2.25 bits per heavy atom. The maximum Gasteiger partial charge on any atom is 0.242 e. The summed E-state index contributed by atoms with van der Waals surface area (Å²) in [5, 5.41) is 0. The largest absolute Gasteiger partial charge is 0.543 e. The molecule has 0 amide bonds.